The summed E-state index contributed by atoms with van der Waals surface area (Å²) < 4.78 is 36.8. The molecular weight excluding hydrogens is 370 g/mol. The number of hydrogen-bond donors (Lipinski definition) is 2. The minimum atomic E-state index is -0.934. The number of methoxy groups -OCH3 is 2. The van der Waals surface area contributed by atoms with Crippen molar-refractivity contribution in [3.8, 4) is 11.5 Å². The summed E-state index contributed by atoms with van der Waals surface area (Å²) in [4.78, 5) is 23.8. The quantitative estimate of drug-likeness (QED) is 0.643. The van der Waals surface area contributed by atoms with Crippen molar-refractivity contribution in [1.29, 1.82) is 0 Å². The average molecular weight is 392 g/mol. The van der Waals surface area contributed by atoms with Crippen molar-refractivity contribution >= 4 is 11.8 Å². The predicted octanol–water partition coefficient (Wildman–Crippen LogP) is 2.46. The van der Waals surface area contributed by atoms with Crippen LogP contribution in [0.4, 0.5) is 8.78 Å². The van der Waals surface area contributed by atoms with Gasteiger partial charge in [0.1, 0.15) is 11.6 Å². The Morgan fingerprint density at radius 1 is 0.929 bits per heavy atom. The lowest BCUT2D eigenvalue weighted by Crippen LogP contribution is -2.35. The van der Waals surface area contributed by atoms with Crippen molar-refractivity contribution < 1.29 is 27.8 Å². The van der Waals surface area contributed by atoms with Crippen molar-refractivity contribution in [1.82, 2.24) is 10.6 Å². The van der Waals surface area contributed by atoms with Crippen LogP contribution in [0.5, 0.6) is 11.5 Å². The Hall–Kier alpha value is -3.16. The first-order chi connectivity index (χ1) is 13.4. The Bertz CT molecular complexity index is 843. The molecule has 2 aromatic carbocycles. The van der Waals surface area contributed by atoms with Crippen molar-refractivity contribution in [2.45, 2.75) is 12.8 Å². The fourth-order valence-corrected chi connectivity index (χ4v) is 2.53. The van der Waals surface area contributed by atoms with Gasteiger partial charge in [0.25, 0.3) is 5.91 Å². The van der Waals surface area contributed by atoms with E-state index in [2.05, 4.69) is 10.6 Å². The van der Waals surface area contributed by atoms with Gasteiger partial charge >= 0.3 is 0 Å². The van der Waals surface area contributed by atoms with Crippen molar-refractivity contribution in [2.75, 3.05) is 27.3 Å². The molecule has 0 fully saturated rings. The van der Waals surface area contributed by atoms with E-state index in [0.29, 0.717) is 24.0 Å². The third kappa shape index (κ3) is 5.94. The van der Waals surface area contributed by atoms with Crippen molar-refractivity contribution in [3.05, 3.63) is 59.2 Å². The lowest BCUT2D eigenvalue weighted by Gasteiger charge is -2.10. The molecule has 2 rings (SSSR count). The van der Waals surface area contributed by atoms with E-state index in [4.69, 9.17) is 9.47 Å². The second kappa shape index (κ2) is 10.2. The number of ether oxygens (including phenoxy) is 2. The number of aryl methyl sites for hydroxylation is 1. The van der Waals surface area contributed by atoms with Gasteiger partial charge in [0.2, 0.25) is 5.91 Å². The maximum absolute atomic E-state index is 13.5. The minimum Gasteiger partial charge on any atom is -0.493 e. The van der Waals surface area contributed by atoms with E-state index in [1.54, 1.807) is 20.3 Å². The van der Waals surface area contributed by atoms with Crippen LogP contribution >= 0.6 is 0 Å². The average Bonchev–Trinajstić information content (AvgIpc) is 2.69. The van der Waals surface area contributed by atoms with Crippen molar-refractivity contribution in [2.24, 2.45) is 0 Å². The standard InChI is InChI=1S/C20H22F2N2O4/c1-27-17-7-3-13(11-18(17)28-2)4-8-19(25)23-9-10-24-20(26)15-6-5-14(21)12-16(15)22/h3,5-7,11-12H,4,8-10H2,1-2H3,(H,23,25)(H,24,26). The number of hydrogen-bond acceptors (Lipinski definition) is 4. The largest absolute Gasteiger partial charge is 0.493 e. The third-order valence-corrected chi connectivity index (χ3v) is 4.00. The number of halogens is 2. The van der Waals surface area contributed by atoms with Gasteiger partial charge in [-0.15, -0.1) is 0 Å². The summed E-state index contributed by atoms with van der Waals surface area (Å²) in [6, 6.07) is 8.16. The zero-order valence-corrected chi connectivity index (χ0v) is 15.7. The van der Waals surface area contributed by atoms with Crippen LogP contribution in [0.25, 0.3) is 0 Å². The van der Waals surface area contributed by atoms with Gasteiger partial charge in [0, 0.05) is 25.6 Å². The van der Waals surface area contributed by atoms with Crippen LogP contribution in [0, 0.1) is 11.6 Å². The van der Waals surface area contributed by atoms with E-state index in [1.807, 2.05) is 12.1 Å². The molecule has 0 radical (unpaired) electrons. The molecule has 0 saturated carbocycles. The fourth-order valence-electron chi connectivity index (χ4n) is 2.53. The van der Waals surface area contributed by atoms with Crippen LogP contribution in [-0.2, 0) is 11.2 Å². The SMILES string of the molecule is COc1ccc(CCC(=O)NCCNC(=O)c2ccc(F)cc2F)cc1OC. The Morgan fingerprint density at radius 3 is 2.32 bits per heavy atom. The number of nitrogens with one attached hydrogen (secondary N) is 2. The molecule has 0 aliphatic heterocycles. The first kappa shape index (κ1) is 21.1. The van der Waals surface area contributed by atoms with Gasteiger partial charge in [-0.3, -0.25) is 9.59 Å². The predicted molar refractivity (Wildman–Crippen MR) is 99.6 cm³/mol. The summed E-state index contributed by atoms with van der Waals surface area (Å²) in [6.07, 6.45) is 0.773. The van der Waals surface area contributed by atoms with Gasteiger partial charge < -0.3 is 20.1 Å². The fraction of sp³-hybridized carbons (Fsp3) is 0.300. The minimum absolute atomic E-state index is 0.123. The summed E-state index contributed by atoms with van der Waals surface area (Å²) in [5, 5.41) is 5.14. The normalized spacial score (nSPS) is 10.3. The monoisotopic (exact) mass is 392 g/mol. The molecule has 2 N–H and O–H groups in total. The van der Waals surface area contributed by atoms with E-state index in [9.17, 15) is 18.4 Å². The zero-order chi connectivity index (χ0) is 20.5. The molecule has 150 valence electrons. The highest BCUT2D eigenvalue weighted by Gasteiger charge is 2.12. The Kier molecular flexibility index (Phi) is 7.74. The molecule has 6 nitrogen and oxygen atoms in total. The second-order valence-electron chi connectivity index (χ2n) is 5.92. The van der Waals surface area contributed by atoms with Crippen LogP contribution in [-0.4, -0.2) is 39.1 Å². The van der Waals surface area contributed by atoms with Crippen LogP contribution in [0.3, 0.4) is 0 Å². The van der Waals surface area contributed by atoms with Gasteiger partial charge in [-0.1, -0.05) is 6.07 Å². The lowest BCUT2D eigenvalue weighted by molar-refractivity contribution is -0.121. The molecular formula is C20H22F2N2O4. The van der Waals surface area contributed by atoms with Crippen LogP contribution < -0.4 is 20.1 Å². The Labute approximate surface area is 161 Å². The van der Waals surface area contributed by atoms with Crippen molar-refractivity contribution in [3.63, 3.8) is 0 Å². The molecule has 0 aliphatic carbocycles. The number of carbonyl (C=O) groups excluding carboxylic acids is 2. The molecule has 0 heterocycles. The molecule has 0 spiro atoms. The summed E-state index contributed by atoms with van der Waals surface area (Å²) in [5.41, 5.74) is 0.675. The van der Waals surface area contributed by atoms with E-state index in [-0.39, 0.29) is 31.0 Å². The topological polar surface area (TPSA) is 76.7 Å². The maximum atomic E-state index is 13.5. The molecule has 28 heavy (non-hydrogen) atoms. The molecule has 2 amide bonds. The Balaban J connectivity index is 1.72. The van der Waals surface area contributed by atoms with Gasteiger partial charge in [-0.05, 0) is 36.2 Å². The molecule has 0 bridgehead atoms. The highest BCUT2D eigenvalue weighted by molar-refractivity contribution is 5.94. The van der Waals surface area contributed by atoms with Crippen LogP contribution in [0.2, 0.25) is 0 Å². The Morgan fingerprint density at radius 2 is 1.64 bits per heavy atom. The highest BCUT2D eigenvalue weighted by atomic mass is 19.1. The van der Waals surface area contributed by atoms with E-state index >= 15 is 0 Å². The molecule has 8 heteroatoms. The van der Waals surface area contributed by atoms with E-state index in [1.165, 1.54) is 0 Å². The van der Waals surface area contributed by atoms with Crippen LogP contribution in [0.15, 0.2) is 36.4 Å². The van der Waals surface area contributed by atoms with E-state index in [0.717, 1.165) is 17.7 Å². The smallest absolute Gasteiger partial charge is 0.254 e. The molecule has 0 aromatic heterocycles. The first-order valence-corrected chi connectivity index (χ1v) is 8.65. The van der Waals surface area contributed by atoms with Gasteiger partial charge in [-0.2, -0.15) is 0 Å². The maximum Gasteiger partial charge on any atom is 0.254 e. The number of rotatable bonds is 9. The number of benzene rings is 2. The molecule has 0 atom stereocenters. The zero-order valence-electron chi connectivity index (χ0n) is 15.7. The summed E-state index contributed by atoms with van der Waals surface area (Å²) in [5.74, 6) is -1.33. The van der Waals surface area contributed by atoms with Gasteiger partial charge in [0.05, 0.1) is 19.8 Å². The summed E-state index contributed by atoms with van der Waals surface area (Å²) in [6.45, 7) is 0.317. The summed E-state index contributed by atoms with van der Waals surface area (Å²) in [7, 11) is 3.09. The third-order valence-electron chi connectivity index (χ3n) is 4.00. The first-order valence-electron chi connectivity index (χ1n) is 8.65. The molecule has 2 aromatic rings. The number of amides is 2. The lowest BCUT2D eigenvalue weighted by atomic mass is 10.1. The highest BCUT2D eigenvalue weighted by Crippen LogP contribution is 2.27. The second-order valence-corrected chi connectivity index (χ2v) is 5.92. The van der Waals surface area contributed by atoms with Gasteiger partial charge in [-0.25, -0.2) is 8.78 Å². The molecule has 0 aliphatic rings. The van der Waals surface area contributed by atoms with Gasteiger partial charge in [0.15, 0.2) is 11.5 Å². The summed E-state index contributed by atoms with van der Waals surface area (Å²) >= 11 is 0. The number of carbonyl (C=O) groups is 2. The molecule has 0 unspecified atom stereocenters. The molecule has 0 saturated heterocycles. The van der Waals surface area contributed by atoms with Crippen LogP contribution in [0.1, 0.15) is 22.3 Å². The van der Waals surface area contributed by atoms with E-state index < -0.39 is 17.5 Å².